The van der Waals surface area contributed by atoms with Crippen molar-refractivity contribution in [1.82, 2.24) is 10.2 Å². The number of rotatable bonds is 11. The van der Waals surface area contributed by atoms with Crippen LogP contribution >= 0.6 is 0 Å². The molecule has 202 valence electrons. The summed E-state index contributed by atoms with van der Waals surface area (Å²) in [5.74, 6) is -0.291. The Kier molecular flexibility index (Phi) is 9.52. The Labute approximate surface area is 225 Å². The first-order chi connectivity index (χ1) is 18.1. The van der Waals surface area contributed by atoms with Crippen molar-refractivity contribution in [2.75, 3.05) is 24.5 Å². The quantitative estimate of drug-likeness (QED) is 0.398. The number of carbonyl (C=O) groups is 2. The van der Waals surface area contributed by atoms with Crippen molar-refractivity contribution in [2.45, 2.75) is 45.2 Å². The average molecular weight is 538 g/mol. The lowest BCUT2D eigenvalue weighted by Crippen LogP contribution is -2.51. The molecule has 3 aromatic rings. The van der Waals surface area contributed by atoms with E-state index < -0.39 is 28.5 Å². The van der Waals surface area contributed by atoms with Crippen molar-refractivity contribution < 1.29 is 22.7 Å². The Morgan fingerprint density at radius 2 is 1.58 bits per heavy atom. The summed E-state index contributed by atoms with van der Waals surface area (Å²) in [5.41, 5.74) is 3.14. The molecule has 3 rings (SSSR count). The van der Waals surface area contributed by atoms with E-state index in [9.17, 15) is 18.0 Å². The van der Waals surface area contributed by atoms with Crippen LogP contribution in [0.4, 0.5) is 5.69 Å². The van der Waals surface area contributed by atoms with E-state index in [-0.39, 0.29) is 17.3 Å². The fourth-order valence-electron chi connectivity index (χ4n) is 3.99. The van der Waals surface area contributed by atoms with Crippen LogP contribution in [0.5, 0.6) is 5.75 Å². The molecule has 1 unspecified atom stereocenters. The Bertz CT molecular complexity index is 1360. The molecular weight excluding hydrogens is 502 g/mol. The van der Waals surface area contributed by atoms with Gasteiger partial charge in [0, 0.05) is 13.1 Å². The van der Waals surface area contributed by atoms with Crippen LogP contribution in [0, 0.1) is 13.8 Å². The summed E-state index contributed by atoms with van der Waals surface area (Å²) in [6, 6.07) is 19.7. The first-order valence-corrected chi connectivity index (χ1v) is 13.9. The minimum Gasteiger partial charge on any atom is -0.497 e. The molecule has 0 aliphatic carbocycles. The first-order valence-electron chi connectivity index (χ1n) is 12.4. The van der Waals surface area contributed by atoms with Crippen LogP contribution in [-0.2, 0) is 26.2 Å². The minimum absolute atomic E-state index is 0.0221. The van der Waals surface area contributed by atoms with Gasteiger partial charge in [0.25, 0.3) is 10.0 Å². The van der Waals surface area contributed by atoms with E-state index >= 15 is 0 Å². The highest BCUT2D eigenvalue weighted by molar-refractivity contribution is 7.92. The van der Waals surface area contributed by atoms with Gasteiger partial charge in [-0.3, -0.25) is 13.9 Å². The number of carbonyl (C=O) groups excluding carboxylic acids is 2. The average Bonchev–Trinajstić information content (AvgIpc) is 2.91. The number of nitrogens with one attached hydrogen (secondary N) is 1. The Morgan fingerprint density at radius 1 is 0.947 bits per heavy atom. The molecule has 9 heteroatoms. The second kappa shape index (κ2) is 12.6. The van der Waals surface area contributed by atoms with Crippen molar-refractivity contribution in [2.24, 2.45) is 0 Å². The molecule has 0 spiro atoms. The number of anilines is 1. The molecule has 1 atom stereocenters. The molecule has 8 nitrogen and oxygen atoms in total. The Morgan fingerprint density at radius 3 is 2.16 bits per heavy atom. The van der Waals surface area contributed by atoms with Gasteiger partial charge in [-0.25, -0.2) is 8.42 Å². The number of methoxy groups -OCH3 is 1. The number of hydrogen-bond acceptors (Lipinski definition) is 5. The number of benzene rings is 3. The van der Waals surface area contributed by atoms with Crippen LogP contribution in [0.2, 0.25) is 0 Å². The molecule has 0 aliphatic rings. The number of likely N-dealkylation sites (N-methyl/N-ethyl adjacent to an activating group) is 1. The van der Waals surface area contributed by atoms with Gasteiger partial charge in [0.05, 0.1) is 17.7 Å². The summed E-state index contributed by atoms with van der Waals surface area (Å²) in [6.45, 7) is 7.38. The molecule has 0 aromatic heterocycles. The number of hydrogen-bond donors (Lipinski definition) is 1. The second-order valence-corrected chi connectivity index (χ2v) is 10.9. The highest BCUT2D eigenvalue weighted by Crippen LogP contribution is 2.26. The lowest BCUT2D eigenvalue weighted by Gasteiger charge is -2.32. The molecule has 3 aromatic carbocycles. The summed E-state index contributed by atoms with van der Waals surface area (Å²) in [5, 5.41) is 2.76. The maximum absolute atomic E-state index is 13.9. The van der Waals surface area contributed by atoms with Crippen LogP contribution in [0.3, 0.4) is 0 Å². The zero-order chi connectivity index (χ0) is 27.9. The zero-order valence-corrected chi connectivity index (χ0v) is 23.3. The molecule has 0 radical (unpaired) electrons. The van der Waals surface area contributed by atoms with E-state index in [1.54, 1.807) is 50.2 Å². The van der Waals surface area contributed by atoms with Crippen molar-refractivity contribution in [3.8, 4) is 5.75 Å². The topological polar surface area (TPSA) is 96.0 Å². The van der Waals surface area contributed by atoms with Gasteiger partial charge >= 0.3 is 0 Å². The summed E-state index contributed by atoms with van der Waals surface area (Å²) >= 11 is 0. The monoisotopic (exact) mass is 537 g/mol. The van der Waals surface area contributed by atoms with E-state index in [1.807, 2.05) is 38.1 Å². The summed E-state index contributed by atoms with van der Waals surface area (Å²) < 4.78 is 33.9. The van der Waals surface area contributed by atoms with Gasteiger partial charge in [-0.05, 0) is 75.2 Å². The normalized spacial score (nSPS) is 11.9. The highest BCUT2D eigenvalue weighted by atomic mass is 32.2. The molecule has 0 saturated carbocycles. The van der Waals surface area contributed by atoms with Crippen LogP contribution in [0.15, 0.2) is 77.7 Å². The summed E-state index contributed by atoms with van der Waals surface area (Å²) in [4.78, 5) is 28.1. The minimum atomic E-state index is -4.13. The van der Waals surface area contributed by atoms with Gasteiger partial charge in [0.2, 0.25) is 11.8 Å². The third-order valence-electron chi connectivity index (χ3n) is 6.37. The van der Waals surface area contributed by atoms with Crippen molar-refractivity contribution in [1.29, 1.82) is 0 Å². The lowest BCUT2D eigenvalue weighted by atomic mass is 10.1. The largest absolute Gasteiger partial charge is 0.497 e. The molecular formula is C29H35N3O5S. The van der Waals surface area contributed by atoms with E-state index in [1.165, 1.54) is 24.1 Å². The van der Waals surface area contributed by atoms with Gasteiger partial charge in [0.1, 0.15) is 18.3 Å². The molecule has 0 bridgehead atoms. The first kappa shape index (κ1) is 28.7. The van der Waals surface area contributed by atoms with Crippen molar-refractivity contribution in [3.63, 3.8) is 0 Å². The second-order valence-electron chi connectivity index (χ2n) is 9.04. The molecule has 0 aliphatic heterocycles. The summed E-state index contributed by atoms with van der Waals surface area (Å²) in [6.07, 6.45) is 0. The maximum atomic E-state index is 13.9. The third-order valence-corrected chi connectivity index (χ3v) is 8.16. The molecule has 0 fully saturated rings. The summed E-state index contributed by atoms with van der Waals surface area (Å²) in [7, 11) is -2.63. The molecule has 2 amide bonds. The van der Waals surface area contributed by atoms with Crippen molar-refractivity contribution >= 4 is 27.5 Å². The van der Waals surface area contributed by atoms with Crippen LogP contribution < -0.4 is 14.4 Å². The Hall–Kier alpha value is -3.85. The zero-order valence-electron chi connectivity index (χ0n) is 22.5. The molecule has 38 heavy (non-hydrogen) atoms. The predicted octanol–water partition coefficient (Wildman–Crippen LogP) is 4.06. The number of nitrogens with zero attached hydrogens (tertiary/aromatic N) is 2. The fourth-order valence-corrected chi connectivity index (χ4v) is 5.40. The van der Waals surface area contributed by atoms with Gasteiger partial charge in [0.15, 0.2) is 0 Å². The van der Waals surface area contributed by atoms with E-state index in [4.69, 9.17) is 4.74 Å². The smallest absolute Gasteiger partial charge is 0.264 e. The van der Waals surface area contributed by atoms with Gasteiger partial charge in [-0.1, -0.05) is 42.0 Å². The number of sulfonamides is 1. The standard InChI is InChI=1S/C29H35N3O5S/c1-6-30-29(34)23(4)31(19-24-10-8-7-9-22(24)3)28(33)20-32(25-13-11-21(2)12-14-25)38(35,36)27-17-15-26(37-5)16-18-27/h7-18,23H,6,19-20H2,1-5H3,(H,30,34). The predicted molar refractivity (Wildman–Crippen MR) is 149 cm³/mol. The number of ether oxygens (including phenoxy) is 1. The van der Waals surface area contributed by atoms with E-state index in [2.05, 4.69) is 5.32 Å². The van der Waals surface area contributed by atoms with Gasteiger partial charge in [-0.2, -0.15) is 0 Å². The third kappa shape index (κ3) is 6.72. The van der Waals surface area contributed by atoms with Crippen LogP contribution in [-0.4, -0.2) is 51.4 Å². The molecule has 1 N–H and O–H groups in total. The molecule has 0 heterocycles. The fraction of sp³-hybridized carbons (Fsp3) is 0.310. The van der Waals surface area contributed by atoms with Crippen LogP contribution in [0.1, 0.15) is 30.5 Å². The van der Waals surface area contributed by atoms with E-state index in [0.29, 0.717) is 18.0 Å². The molecule has 0 saturated heterocycles. The van der Waals surface area contributed by atoms with Gasteiger partial charge in [-0.15, -0.1) is 0 Å². The maximum Gasteiger partial charge on any atom is 0.264 e. The van der Waals surface area contributed by atoms with Crippen molar-refractivity contribution in [3.05, 3.63) is 89.5 Å². The Balaban J connectivity index is 2.03. The van der Waals surface area contributed by atoms with Gasteiger partial charge < -0.3 is 15.0 Å². The van der Waals surface area contributed by atoms with Crippen LogP contribution in [0.25, 0.3) is 0 Å². The number of aryl methyl sites for hydroxylation is 2. The highest BCUT2D eigenvalue weighted by Gasteiger charge is 2.32. The van der Waals surface area contributed by atoms with E-state index in [0.717, 1.165) is 21.0 Å². The SMILES string of the molecule is CCNC(=O)C(C)N(Cc1ccccc1C)C(=O)CN(c1ccc(C)cc1)S(=O)(=O)c1ccc(OC)cc1. The number of amides is 2. The lowest BCUT2D eigenvalue weighted by molar-refractivity contribution is -0.139.